The van der Waals surface area contributed by atoms with Gasteiger partial charge in [0.2, 0.25) is 0 Å². The van der Waals surface area contributed by atoms with E-state index in [1.807, 2.05) is 0 Å². The van der Waals surface area contributed by atoms with Crippen LogP contribution in [0.25, 0.3) is 0 Å². The summed E-state index contributed by atoms with van der Waals surface area (Å²) in [7, 11) is -3.33. The van der Waals surface area contributed by atoms with Gasteiger partial charge >= 0.3 is 98.1 Å². The summed E-state index contributed by atoms with van der Waals surface area (Å²) in [6.45, 7) is 5.22. The molecular formula is C10H24ClO3P. The van der Waals surface area contributed by atoms with Crippen molar-refractivity contribution in [2.45, 2.75) is 52.4 Å². The Balaban J connectivity index is 3.40. The van der Waals surface area contributed by atoms with E-state index in [0.29, 0.717) is 13.2 Å². The minimum atomic E-state index is -3.33. The molecule has 0 aliphatic carbocycles. The van der Waals surface area contributed by atoms with Gasteiger partial charge in [0.25, 0.3) is 0 Å². The SMILES string of the molecule is CCCCCO[PH](O)(Cl)OCCCCC. The molecule has 0 bridgehead atoms. The first-order valence-corrected chi connectivity index (χ1v) is 8.59. The molecule has 0 aromatic rings. The Morgan fingerprint density at radius 2 is 1.33 bits per heavy atom. The molecule has 0 heterocycles. The molecule has 0 saturated carbocycles. The first-order valence-electron chi connectivity index (χ1n) is 5.81. The molecule has 0 rings (SSSR count). The van der Waals surface area contributed by atoms with Gasteiger partial charge in [-0.2, -0.15) is 0 Å². The van der Waals surface area contributed by atoms with E-state index < -0.39 is 7.30 Å². The van der Waals surface area contributed by atoms with Gasteiger partial charge in [-0.25, -0.2) is 0 Å². The fourth-order valence-corrected chi connectivity index (χ4v) is 2.48. The molecule has 0 amide bonds. The summed E-state index contributed by atoms with van der Waals surface area (Å²) >= 11 is 5.74. The van der Waals surface area contributed by atoms with E-state index in [1.54, 1.807) is 0 Å². The van der Waals surface area contributed by atoms with Crippen molar-refractivity contribution < 1.29 is 13.9 Å². The topological polar surface area (TPSA) is 38.7 Å². The van der Waals surface area contributed by atoms with Crippen molar-refractivity contribution in [1.29, 1.82) is 0 Å². The number of halogens is 1. The first-order chi connectivity index (χ1) is 7.12. The van der Waals surface area contributed by atoms with Crippen molar-refractivity contribution in [3.8, 4) is 0 Å². The Hall–Kier alpha value is 0.600. The molecule has 0 spiro atoms. The standard InChI is InChI=1S/C10H24ClO3P/c1-3-5-7-9-13-15(11,12)14-10-8-6-4-2/h12,15H,3-10H2,1-2H3. The second-order valence-electron chi connectivity index (χ2n) is 3.62. The fourth-order valence-electron chi connectivity index (χ4n) is 1.14. The van der Waals surface area contributed by atoms with Gasteiger partial charge in [-0.3, -0.25) is 0 Å². The molecular weight excluding hydrogens is 235 g/mol. The molecule has 0 aromatic carbocycles. The second-order valence-corrected chi connectivity index (χ2v) is 6.64. The van der Waals surface area contributed by atoms with Crippen LogP contribution < -0.4 is 0 Å². The summed E-state index contributed by atoms with van der Waals surface area (Å²) in [4.78, 5) is 9.57. The van der Waals surface area contributed by atoms with Gasteiger partial charge in [0.05, 0.1) is 0 Å². The molecule has 0 aliphatic heterocycles. The first kappa shape index (κ1) is 15.6. The molecule has 0 aromatic heterocycles. The zero-order valence-corrected chi connectivity index (χ0v) is 11.6. The van der Waals surface area contributed by atoms with Gasteiger partial charge in [0, 0.05) is 0 Å². The summed E-state index contributed by atoms with van der Waals surface area (Å²) < 4.78 is 10.3. The molecule has 15 heavy (non-hydrogen) atoms. The monoisotopic (exact) mass is 258 g/mol. The predicted octanol–water partition coefficient (Wildman–Crippen LogP) is 4.04. The number of hydrogen-bond donors (Lipinski definition) is 1. The molecule has 0 aliphatic rings. The van der Waals surface area contributed by atoms with E-state index in [2.05, 4.69) is 13.8 Å². The van der Waals surface area contributed by atoms with Crippen molar-refractivity contribution in [3.05, 3.63) is 0 Å². The van der Waals surface area contributed by atoms with Crippen molar-refractivity contribution in [3.63, 3.8) is 0 Å². The summed E-state index contributed by atoms with van der Waals surface area (Å²) in [5.74, 6) is 0. The van der Waals surface area contributed by atoms with Gasteiger partial charge in [0.15, 0.2) is 0 Å². The second kappa shape index (κ2) is 9.80. The van der Waals surface area contributed by atoms with Gasteiger partial charge < -0.3 is 0 Å². The van der Waals surface area contributed by atoms with E-state index in [9.17, 15) is 4.89 Å². The van der Waals surface area contributed by atoms with Crippen LogP contribution in [0.4, 0.5) is 0 Å². The summed E-state index contributed by atoms with van der Waals surface area (Å²) in [5.41, 5.74) is 0. The van der Waals surface area contributed by atoms with Crippen LogP contribution in [0.2, 0.25) is 0 Å². The molecule has 94 valence electrons. The number of rotatable bonds is 10. The van der Waals surface area contributed by atoms with Crippen LogP contribution in [0.3, 0.4) is 0 Å². The molecule has 0 fully saturated rings. The Kier molecular flexibility index (Phi) is 10.2. The van der Waals surface area contributed by atoms with Crippen molar-refractivity contribution in [2.24, 2.45) is 0 Å². The van der Waals surface area contributed by atoms with Crippen LogP contribution in [0, 0.1) is 0 Å². The third-order valence-corrected chi connectivity index (χ3v) is 3.83. The third-order valence-electron chi connectivity index (χ3n) is 2.06. The zero-order chi connectivity index (χ0) is 11.6. The van der Waals surface area contributed by atoms with Gasteiger partial charge in [-0.15, -0.1) is 0 Å². The Labute approximate surface area is 98.5 Å². The Morgan fingerprint density at radius 3 is 1.67 bits per heavy atom. The fraction of sp³-hybridized carbons (Fsp3) is 1.00. The minimum absolute atomic E-state index is 0.494. The van der Waals surface area contributed by atoms with Crippen LogP contribution in [-0.4, -0.2) is 18.1 Å². The van der Waals surface area contributed by atoms with Crippen LogP contribution >= 0.6 is 18.5 Å². The zero-order valence-electron chi connectivity index (χ0n) is 9.80. The molecule has 0 saturated heterocycles. The molecule has 0 atom stereocenters. The Morgan fingerprint density at radius 1 is 0.933 bits per heavy atom. The van der Waals surface area contributed by atoms with E-state index in [0.717, 1.165) is 38.5 Å². The maximum atomic E-state index is 9.57. The van der Waals surface area contributed by atoms with E-state index in [1.165, 1.54) is 0 Å². The van der Waals surface area contributed by atoms with Crippen molar-refractivity contribution in [1.82, 2.24) is 0 Å². The predicted molar refractivity (Wildman–Crippen MR) is 67.3 cm³/mol. The van der Waals surface area contributed by atoms with Gasteiger partial charge in [-0.05, 0) is 0 Å². The van der Waals surface area contributed by atoms with Crippen LogP contribution in [0.5, 0.6) is 0 Å². The molecule has 0 unspecified atom stereocenters. The quantitative estimate of drug-likeness (QED) is 0.475. The summed E-state index contributed by atoms with van der Waals surface area (Å²) in [5, 5.41) is 0. The summed E-state index contributed by atoms with van der Waals surface area (Å²) in [6.07, 6.45) is 6.30. The number of hydrogen-bond acceptors (Lipinski definition) is 3. The van der Waals surface area contributed by atoms with Gasteiger partial charge in [-0.1, -0.05) is 0 Å². The third kappa shape index (κ3) is 10.9. The molecule has 3 nitrogen and oxygen atoms in total. The van der Waals surface area contributed by atoms with Crippen molar-refractivity contribution >= 4 is 18.5 Å². The average Bonchev–Trinajstić information content (AvgIpc) is 2.20. The van der Waals surface area contributed by atoms with Crippen molar-refractivity contribution in [2.75, 3.05) is 13.2 Å². The van der Waals surface area contributed by atoms with E-state index in [-0.39, 0.29) is 0 Å². The average molecular weight is 259 g/mol. The van der Waals surface area contributed by atoms with E-state index >= 15 is 0 Å². The van der Waals surface area contributed by atoms with Crippen LogP contribution in [0.15, 0.2) is 0 Å². The van der Waals surface area contributed by atoms with Gasteiger partial charge in [0.1, 0.15) is 0 Å². The van der Waals surface area contributed by atoms with Crippen LogP contribution in [-0.2, 0) is 9.05 Å². The molecule has 5 heteroatoms. The molecule has 1 N–H and O–H groups in total. The molecule has 0 radical (unpaired) electrons. The normalized spacial score (nSPS) is 13.1. The van der Waals surface area contributed by atoms with E-state index in [4.69, 9.17) is 20.3 Å². The summed E-state index contributed by atoms with van der Waals surface area (Å²) in [6, 6.07) is 0. The number of unbranched alkanes of at least 4 members (excludes halogenated alkanes) is 4. The maximum absolute atomic E-state index is 9.57. The van der Waals surface area contributed by atoms with Crippen LogP contribution in [0.1, 0.15) is 52.4 Å². The Bertz CT molecular complexity index is 131.